The minimum atomic E-state index is 0.278. The van der Waals surface area contributed by atoms with Gasteiger partial charge >= 0.3 is 0 Å². The van der Waals surface area contributed by atoms with Crippen molar-refractivity contribution in [1.82, 2.24) is 5.32 Å². The Morgan fingerprint density at radius 3 is 2.17 bits per heavy atom. The summed E-state index contributed by atoms with van der Waals surface area (Å²) in [7, 11) is 0. The number of nitrogens with one attached hydrogen (secondary N) is 1. The van der Waals surface area contributed by atoms with Crippen molar-refractivity contribution >= 4 is 11.1 Å². The molecule has 1 aliphatic rings. The fourth-order valence-electron chi connectivity index (χ4n) is 4.12. The minimum Gasteiger partial charge on any atom is -0.508 e. The average molecular weight is 400 g/mol. The molecule has 0 aliphatic carbocycles. The third-order valence-corrected chi connectivity index (χ3v) is 5.69. The van der Waals surface area contributed by atoms with Crippen LogP contribution in [-0.4, -0.2) is 24.3 Å². The molecule has 30 heavy (non-hydrogen) atoms. The van der Waals surface area contributed by atoms with Gasteiger partial charge in [-0.2, -0.15) is 0 Å². The molecule has 0 aromatic heterocycles. The van der Waals surface area contributed by atoms with E-state index >= 15 is 0 Å². The number of hydrogen-bond donors (Lipinski definition) is 2. The maximum atomic E-state index is 9.77. The summed E-state index contributed by atoms with van der Waals surface area (Å²) in [6, 6.07) is 26.8. The number of allylic oxidation sites excluding steroid dienone is 1. The molecule has 3 aromatic carbocycles. The summed E-state index contributed by atoms with van der Waals surface area (Å²) in [5.74, 6) is 1.18. The Kier molecular flexibility index (Phi) is 6.50. The van der Waals surface area contributed by atoms with E-state index in [2.05, 4.69) is 60.8 Å². The van der Waals surface area contributed by atoms with Crippen molar-refractivity contribution in [3.8, 4) is 11.5 Å². The summed E-state index contributed by atoms with van der Waals surface area (Å²) in [6.07, 6.45) is 3.32. The Labute approximate surface area is 179 Å². The van der Waals surface area contributed by atoms with Gasteiger partial charge in [-0.15, -0.1) is 0 Å². The lowest BCUT2D eigenvalue weighted by Gasteiger charge is -2.17. The van der Waals surface area contributed by atoms with E-state index in [9.17, 15) is 5.11 Å². The maximum Gasteiger partial charge on any atom is 0.119 e. The Hall–Kier alpha value is -3.04. The van der Waals surface area contributed by atoms with Gasteiger partial charge in [0.15, 0.2) is 0 Å². The molecule has 1 atom stereocenters. The molecule has 0 amide bonds. The molecule has 3 nitrogen and oxygen atoms in total. The van der Waals surface area contributed by atoms with E-state index in [0.29, 0.717) is 12.6 Å². The van der Waals surface area contributed by atoms with Gasteiger partial charge in [0.1, 0.15) is 18.1 Å². The van der Waals surface area contributed by atoms with Gasteiger partial charge in [0.25, 0.3) is 0 Å². The molecule has 1 saturated heterocycles. The van der Waals surface area contributed by atoms with E-state index in [-0.39, 0.29) is 5.75 Å². The van der Waals surface area contributed by atoms with Gasteiger partial charge < -0.3 is 15.2 Å². The molecular weight excluding hydrogens is 370 g/mol. The summed E-state index contributed by atoms with van der Waals surface area (Å²) < 4.78 is 6.01. The smallest absolute Gasteiger partial charge is 0.119 e. The second kappa shape index (κ2) is 9.64. The molecule has 2 N–H and O–H groups in total. The summed E-state index contributed by atoms with van der Waals surface area (Å²) in [5, 5.41) is 13.2. The molecule has 1 heterocycles. The predicted octanol–water partition coefficient (Wildman–Crippen LogP) is 5.89. The molecule has 1 fully saturated rings. The third kappa shape index (κ3) is 4.74. The molecule has 1 aliphatic heterocycles. The highest BCUT2D eigenvalue weighted by atomic mass is 16.5. The molecule has 3 aromatic rings. The Morgan fingerprint density at radius 1 is 0.900 bits per heavy atom. The number of phenolic OH excluding ortho intramolecular Hbond substituents is 1. The Morgan fingerprint density at radius 2 is 1.57 bits per heavy atom. The predicted molar refractivity (Wildman–Crippen MR) is 124 cm³/mol. The quantitative estimate of drug-likeness (QED) is 0.487. The zero-order chi connectivity index (χ0) is 20.8. The van der Waals surface area contributed by atoms with Crippen molar-refractivity contribution in [3.63, 3.8) is 0 Å². The number of benzene rings is 3. The SMILES string of the molecule is CC/C(=C(/c1ccc(O)cc1)c1ccc(OC[C@@H]2CCCN2)cc1)c1ccccc1. The van der Waals surface area contributed by atoms with E-state index < -0.39 is 0 Å². The van der Waals surface area contributed by atoms with Crippen LogP contribution in [0.2, 0.25) is 0 Å². The fourth-order valence-corrected chi connectivity index (χ4v) is 4.12. The highest BCUT2D eigenvalue weighted by Crippen LogP contribution is 2.35. The summed E-state index contributed by atoms with van der Waals surface area (Å²) in [5.41, 5.74) is 5.93. The second-order valence-electron chi connectivity index (χ2n) is 7.75. The fraction of sp³-hybridized carbons (Fsp3) is 0.259. The van der Waals surface area contributed by atoms with Crippen molar-refractivity contribution in [2.45, 2.75) is 32.2 Å². The summed E-state index contributed by atoms with van der Waals surface area (Å²) in [6.45, 7) is 3.99. The molecule has 0 radical (unpaired) electrons. The highest BCUT2D eigenvalue weighted by molar-refractivity contribution is 5.98. The van der Waals surface area contributed by atoms with Crippen LogP contribution in [0.25, 0.3) is 11.1 Å². The Bertz CT molecular complexity index is 970. The molecule has 0 spiro atoms. The first-order chi connectivity index (χ1) is 14.7. The van der Waals surface area contributed by atoms with Gasteiger partial charge in [-0.05, 0) is 77.9 Å². The Balaban J connectivity index is 1.68. The van der Waals surface area contributed by atoms with Gasteiger partial charge in [0.2, 0.25) is 0 Å². The molecule has 0 saturated carbocycles. The van der Waals surface area contributed by atoms with E-state index in [1.165, 1.54) is 29.6 Å². The topological polar surface area (TPSA) is 41.5 Å². The molecular formula is C27H29NO2. The van der Waals surface area contributed by atoms with Crippen LogP contribution in [0.5, 0.6) is 11.5 Å². The highest BCUT2D eigenvalue weighted by Gasteiger charge is 2.15. The van der Waals surface area contributed by atoms with Crippen molar-refractivity contribution in [1.29, 1.82) is 0 Å². The lowest BCUT2D eigenvalue weighted by Crippen LogP contribution is -2.28. The monoisotopic (exact) mass is 399 g/mol. The average Bonchev–Trinajstić information content (AvgIpc) is 3.32. The van der Waals surface area contributed by atoms with Gasteiger partial charge in [-0.25, -0.2) is 0 Å². The molecule has 0 unspecified atom stereocenters. The van der Waals surface area contributed by atoms with Crippen molar-refractivity contribution in [2.75, 3.05) is 13.2 Å². The van der Waals surface area contributed by atoms with E-state index in [0.717, 1.165) is 29.8 Å². The first kappa shape index (κ1) is 20.2. The number of phenols is 1. The lowest BCUT2D eigenvalue weighted by atomic mass is 9.88. The summed E-state index contributed by atoms with van der Waals surface area (Å²) >= 11 is 0. The molecule has 3 heteroatoms. The zero-order valence-corrected chi connectivity index (χ0v) is 17.5. The van der Waals surface area contributed by atoms with Crippen molar-refractivity contribution in [2.24, 2.45) is 0 Å². The van der Waals surface area contributed by atoms with E-state index in [1.54, 1.807) is 12.1 Å². The largest absolute Gasteiger partial charge is 0.508 e. The van der Waals surface area contributed by atoms with Crippen LogP contribution in [-0.2, 0) is 0 Å². The van der Waals surface area contributed by atoms with Crippen molar-refractivity contribution in [3.05, 3.63) is 95.6 Å². The first-order valence-electron chi connectivity index (χ1n) is 10.8. The maximum absolute atomic E-state index is 9.77. The van der Waals surface area contributed by atoms with Crippen LogP contribution in [0, 0.1) is 0 Å². The number of rotatable bonds is 7. The van der Waals surface area contributed by atoms with Gasteiger partial charge in [-0.3, -0.25) is 0 Å². The van der Waals surface area contributed by atoms with E-state index in [4.69, 9.17) is 4.74 Å². The zero-order valence-electron chi connectivity index (χ0n) is 17.5. The standard InChI is InChI=1S/C27H29NO2/c1-2-26(20-7-4-3-5-8-20)27(21-10-14-24(29)15-11-21)22-12-16-25(17-13-22)30-19-23-9-6-18-28-23/h3-5,7-8,10-17,23,28-29H,2,6,9,18-19H2,1H3/b27-26+/t23-/m0/s1. The number of hydrogen-bond acceptors (Lipinski definition) is 3. The van der Waals surface area contributed by atoms with Crippen LogP contribution >= 0.6 is 0 Å². The van der Waals surface area contributed by atoms with Crippen LogP contribution < -0.4 is 10.1 Å². The molecule has 154 valence electrons. The van der Waals surface area contributed by atoms with Crippen LogP contribution in [0.3, 0.4) is 0 Å². The van der Waals surface area contributed by atoms with Gasteiger partial charge in [0.05, 0.1) is 0 Å². The second-order valence-corrected chi connectivity index (χ2v) is 7.75. The van der Waals surface area contributed by atoms with Crippen LogP contribution in [0.15, 0.2) is 78.9 Å². The normalized spacial score (nSPS) is 16.9. The van der Waals surface area contributed by atoms with Crippen LogP contribution in [0.1, 0.15) is 42.9 Å². The van der Waals surface area contributed by atoms with E-state index in [1.807, 2.05) is 18.2 Å². The van der Waals surface area contributed by atoms with Crippen molar-refractivity contribution < 1.29 is 9.84 Å². The van der Waals surface area contributed by atoms with Gasteiger partial charge in [0, 0.05) is 6.04 Å². The first-order valence-corrected chi connectivity index (χ1v) is 10.8. The number of ether oxygens (including phenoxy) is 1. The summed E-state index contributed by atoms with van der Waals surface area (Å²) in [4.78, 5) is 0. The lowest BCUT2D eigenvalue weighted by molar-refractivity contribution is 0.277. The minimum absolute atomic E-state index is 0.278. The van der Waals surface area contributed by atoms with Crippen LogP contribution in [0.4, 0.5) is 0 Å². The third-order valence-electron chi connectivity index (χ3n) is 5.69. The van der Waals surface area contributed by atoms with Gasteiger partial charge in [-0.1, -0.05) is 61.5 Å². The molecule has 4 rings (SSSR count). The molecule has 0 bridgehead atoms. The number of aromatic hydroxyl groups is 1.